The van der Waals surface area contributed by atoms with Crippen molar-refractivity contribution in [2.75, 3.05) is 0 Å². The molecule has 1 heterocycles. The van der Waals surface area contributed by atoms with Crippen LogP contribution in [0.15, 0.2) is 47.3 Å². The van der Waals surface area contributed by atoms with Gasteiger partial charge in [0.15, 0.2) is 0 Å². The zero-order valence-electron chi connectivity index (χ0n) is 9.49. The molecule has 0 aliphatic heterocycles. The number of benzene rings is 1. The van der Waals surface area contributed by atoms with Crippen molar-refractivity contribution in [3.63, 3.8) is 0 Å². The molecule has 0 bridgehead atoms. The minimum Gasteiger partial charge on any atom is -0.472 e. The molecule has 83 valence electrons. The standard InChI is InChI=1S/C15H17O/c1-2-3-5-10-14-11-16-12-15(14)13-8-6-4-7-9-13/h4,6-9,11-12H,1-3,5,10H2. The lowest BCUT2D eigenvalue weighted by Crippen LogP contribution is -1.86. The van der Waals surface area contributed by atoms with Gasteiger partial charge in [0.1, 0.15) is 0 Å². The predicted molar refractivity (Wildman–Crippen MR) is 67.1 cm³/mol. The van der Waals surface area contributed by atoms with Crippen LogP contribution in [0.3, 0.4) is 0 Å². The topological polar surface area (TPSA) is 13.1 Å². The average molecular weight is 213 g/mol. The lowest BCUT2D eigenvalue weighted by molar-refractivity contribution is 0.563. The van der Waals surface area contributed by atoms with Crippen molar-refractivity contribution < 1.29 is 4.42 Å². The molecule has 16 heavy (non-hydrogen) atoms. The number of hydrogen-bond acceptors (Lipinski definition) is 1. The summed E-state index contributed by atoms with van der Waals surface area (Å²) in [6.45, 7) is 3.86. The minimum absolute atomic E-state index is 1.01. The first-order valence-corrected chi connectivity index (χ1v) is 5.81. The van der Waals surface area contributed by atoms with Crippen LogP contribution in [0, 0.1) is 6.92 Å². The maximum Gasteiger partial charge on any atom is 0.0983 e. The Kier molecular flexibility index (Phi) is 3.81. The maximum absolute atomic E-state index is 5.32. The number of unbranched alkanes of at least 4 members (excludes halogenated alkanes) is 2. The Morgan fingerprint density at radius 3 is 2.56 bits per heavy atom. The maximum atomic E-state index is 5.32. The van der Waals surface area contributed by atoms with Crippen LogP contribution in [-0.2, 0) is 6.42 Å². The highest BCUT2D eigenvalue weighted by Gasteiger charge is 2.06. The molecular weight excluding hydrogens is 196 g/mol. The van der Waals surface area contributed by atoms with E-state index in [0.29, 0.717) is 0 Å². The van der Waals surface area contributed by atoms with E-state index in [1.165, 1.54) is 29.5 Å². The first-order valence-electron chi connectivity index (χ1n) is 5.81. The molecule has 1 aromatic heterocycles. The predicted octanol–water partition coefficient (Wildman–Crippen LogP) is 4.49. The van der Waals surface area contributed by atoms with Gasteiger partial charge in [-0.15, -0.1) is 0 Å². The molecule has 0 aliphatic rings. The Bertz CT molecular complexity index is 414. The second kappa shape index (κ2) is 5.55. The van der Waals surface area contributed by atoms with E-state index in [2.05, 4.69) is 31.2 Å². The van der Waals surface area contributed by atoms with E-state index >= 15 is 0 Å². The van der Waals surface area contributed by atoms with Gasteiger partial charge in [-0.3, -0.25) is 0 Å². The van der Waals surface area contributed by atoms with Crippen LogP contribution in [-0.4, -0.2) is 0 Å². The van der Waals surface area contributed by atoms with Crippen LogP contribution in [0.5, 0.6) is 0 Å². The molecule has 0 saturated heterocycles. The SMILES string of the molecule is [CH2]CCCCc1cocc1-c1ccccc1. The second-order valence-electron chi connectivity index (χ2n) is 3.99. The van der Waals surface area contributed by atoms with Crippen LogP contribution >= 0.6 is 0 Å². The third-order valence-electron chi connectivity index (χ3n) is 2.77. The van der Waals surface area contributed by atoms with Gasteiger partial charge >= 0.3 is 0 Å². The number of furan rings is 1. The molecule has 2 rings (SSSR count). The normalized spacial score (nSPS) is 10.6. The van der Waals surface area contributed by atoms with Crippen LogP contribution in [0.2, 0.25) is 0 Å². The molecule has 1 heteroatoms. The third kappa shape index (κ3) is 2.54. The molecule has 0 aliphatic carbocycles. The Morgan fingerprint density at radius 2 is 1.81 bits per heavy atom. The fourth-order valence-corrected chi connectivity index (χ4v) is 1.88. The van der Waals surface area contributed by atoms with Crippen LogP contribution in [0.1, 0.15) is 24.8 Å². The van der Waals surface area contributed by atoms with Crippen LogP contribution in [0.4, 0.5) is 0 Å². The first kappa shape index (κ1) is 11.0. The molecule has 0 unspecified atom stereocenters. The van der Waals surface area contributed by atoms with Crippen molar-refractivity contribution in [1.29, 1.82) is 0 Å². The number of rotatable bonds is 5. The smallest absolute Gasteiger partial charge is 0.0983 e. The summed E-state index contributed by atoms with van der Waals surface area (Å²) in [6.07, 6.45) is 8.16. The Labute approximate surface area is 97.1 Å². The van der Waals surface area contributed by atoms with Crippen molar-refractivity contribution in [1.82, 2.24) is 0 Å². The molecule has 1 nitrogen and oxygen atoms in total. The summed E-state index contributed by atoms with van der Waals surface area (Å²) >= 11 is 0. The summed E-state index contributed by atoms with van der Waals surface area (Å²) in [6, 6.07) is 10.4. The van der Waals surface area contributed by atoms with Crippen LogP contribution < -0.4 is 0 Å². The van der Waals surface area contributed by atoms with Crippen molar-refractivity contribution in [3.8, 4) is 11.1 Å². The summed E-state index contributed by atoms with van der Waals surface area (Å²) in [5, 5.41) is 0. The summed E-state index contributed by atoms with van der Waals surface area (Å²) in [5.41, 5.74) is 3.77. The zero-order valence-corrected chi connectivity index (χ0v) is 9.49. The molecule has 0 fully saturated rings. The van der Waals surface area contributed by atoms with Gasteiger partial charge in [0, 0.05) is 5.56 Å². The molecule has 0 N–H and O–H groups in total. The average Bonchev–Trinajstić information content (AvgIpc) is 2.79. The van der Waals surface area contributed by atoms with Gasteiger partial charge in [0.05, 0.1) is 12.5 Å². The summed E-state index contributed by atoms with van der Waals surface area (Å²) in [4.78, 5) is 0. The summed E-state index contributed by atoms with van der Waals surface area (Å²) in [5.74, 6) is 0. The molecule has 1 aromatic carbocycles. The van der Waals surface area contributed by atoms with Crippen molar-refractivity contribution in [2.45, 2.75) is 25.7 Å². The molecular formula is C15H17O. The third-order valence-corrected chi connectivity index (χ3v) is 2.77. The molecule has 0 saturated carbocycles. The molecule has 0 spiro atoms. The molecule has 1 radical (unpaired) electrons. The number of hydrogen-bond donors (Lipinski definition) is 0. The van der Waals surface area contributed by atoms with Crippen molar-refractivity contribution in [3.05, 3.63) is 55.3 Å². The number of aryl methyl sites for hydroxylation is 1. The van der Waals surface area contributed by atoms with E-state index in [1.54, 1.807) is 0 Å². The van der Waals surface area contributed by atoms with E-state index in [9.17, 15) is 0 Å². The monoisotopic (exact) mass is 213 g/mol. The van der Waals surface area contributed by atoms with Gasteiger partial charge in [0.25, 0.3) is 0 Å². The van der Waals surface area contributed by atoms with Crippen LogP contribution in [0.25, 0.3) is 11.1 Å². The fraction of sp³-hybridized carbons (Fsp3) is 0.267. The van der Waals surface area contributed by atoms with Gasteiger partial charge in [0.2, 0.25) is 0 Å². The molecule has 2 aromatic rings. The largest absolute Gasteiger partial charge is 0.472 e. The van der Waals surface area contributed by atoms with E-state index in [-0.39, 0.29) is 0 Å². The zero-order chi connectivity index (χ0) is 11.2. The molecule has 0 atom stereocenters. The minimum atomic E-state index is 1.01. The highest BCUT2D eigenvalue weighted by molar-refractivity contribution is 5.65. The highest BCUT2D eigenvalue weighted by atomic mass is 16.3. The molecule has 0 amide bonds. The quantitative estimate of drug-likeness (QED) is 0.667. The first-order chi connectivity index (χ1) is 7.92. The lowest BCUT2D eigenvalue weighted by atomic mass is 10.0. The Balaban J connectivity index is 2.13. The van der Waals surface area contributed by atoms with Gasteiger partial charge in [-0.1, -0.05) is 50.1 Å². The van der Waals surface area contributed by atoms with Crippen molar-refractivity contribution in [2.24, 2.45) is 0 Å². The second-order valence-corrected chi connectivity index (χ2v) is 3.99. The van der Waals surface area contributed by atoms with Crippen molar-refractivity contribution >= 4 is 0 Å². The summed E-state index contributed by atoms with van der Waals surface area (Å²) < 4.78 is 5.32. The summed E-state index contributed by atoms with van der Waals surface area (Å²) in [7, 11) is 0. The van der Waals surface area contributed by atoms with E-state index in [4.69, 9.17) is 4.42 Å². The van der Waals surface area contributed by atoms with E-state index in [1.807, 2.05) is 18.6 Å². The Morgan fingerprint density at radius 1 is 1.00 bits per heavy atom. The lowest BCUT2D eigenvalue weighted by Gasteiger charge is -2.02. The van der Waals surface area contributed by atoms with E-state index in [0.717, 1.165) is 12.8 Å². The van der Waals surface area contributed by atoms with Gasteiger partial charge in [-0.2, -0.15) is 0 Å². The highest BCUT2D eigenvalue weighted by Crippen LogP contribution is 2.25. The Hall–Kier alpha value is -1.50. The fourth-order valence-electron chi connectivity index (χ4n) is 1.88. The van der Waals surface area contributed by atoms with E-state index < -0.39 is 0 Å². The van der Waals surface area contributed by atoms with Gasteiger partial charge in [-0.25, -0.2) is 0 Å². The van der Waals surface area contributed by atoms with Gasteiger partial charge in [-0.05, 0) is 24.0 Å². The van der Waals surface area contributed by atoms with Gasteiger partial charge < -0.3 is 4.42 Å².